The van der Waals surface area contributed by atoms with Crippen LogP contribution in [0.2, 0.25) is 0 Å². The summed E-state index contributed by atoms with van der Waals surface area (Å²) < 4.78 is 0. The lowest BCUT2D eigenvalue weighted by Gasteiger charge is -2.04. The molecule has 1 unspecified atom stereocenters. The summed E-state index contributed by atoms with van der Waals surface area (Å²) in [6.07, 6.45) is 4.12. The highest BCUT2D eigenvalue weighted by molar-refractivity contribution is 8.01. The van der Waals surface area contributed by atoms with Crippen LogP contribution in [0.5, 0.6) is 0 Å². The van der Waals surface area contributed by atoms with Crippen molar-refractivity contribution in [1.29, 1.82) is 0 Å². The van der Waals surface area contributed by atoms with Crippen LogP contribution in [0.4, 0.5) is 0 Å². The third-order valence-corrected chi connectivity index (χ3v) is 2.15. The molecule has 70 valence electrons. The minimum absolute atomic E-state index is 0.366. The smallest absolute Gasteiger partial charge is 0.0769 e. The van der Waals surface area contributed by atoms with Gasteiger partial charge in [-0.3, -0.25) is 0 Å². The highest BCUT2D eigenvalue weighted by atomic mass is 32.2. The van der Waals surface area contributed by atoms with Gasteiger partial charge >= 0.3 is 0 Å². The molecule has 1 aromatic carbocycles. The second kappa shape index (κ2) is 5.84. The molecule has 0 saturated carbocycles. The number of hydrogen-bond donors (Lipinski definition) is 1. The fourth-order valence-electron chi connectivity index (χ4n) is 1.09. The molecule has 1 nitrogen and oxygen atoms in total. The van der Waals surface area contributed by atoms with Crippen molar-refractivity contribution in [3.05, 3.63) is 47.4 Å². The van der Waals surface area contributed by atoms with E-state index in [1.165, 1.54) is 5.56 Å². The summed E-state index contributed by atoms with van der Waals surface area (Å²) in [5, 5.41) is 11.4. The summed E-state index contributed by atoms with van der Waals surface area (Å²) in [7, 11) is 0. The van der Waals surface area contributed by atoms with Gasteiger partial charge < -0.3 is 5.11 Å². The predicted octanol–water partition coefficient (Wildman–Crippen LogP) is 2.47. The molecule has 0 aliphatic heterocycles. The van der Waals surface area contributed by atoms with Crippen molar-refractivity contribution in [3.63, 3.8) is 0 Å². The standard InChI is InChI=1S/C11H14OS/c1-13-8-7-11(12)9-10-5-3-2-4-6-10/h2-8,11-12H,9H2,1H3/b8-7+. The zero-order valence-corrected chi connectivity index (χ0v) is 8.50. The molecule has 1 N–H and O–H groups in total. The number of aliphatic hydroxyl groups is 1. The Morgan fingerprint density at radius 1 is 1.38 bits per heavy atom. The number of thioether (sulfide) groups is 1. The molecule has 0 radical (unpaired) electrons. The van der Waals surface area contributed by atoms with Crippen LogP contribution < -0.4 is 0 Å². The fourth-order valence-corrected chi connectivity index (χ4v) is 1.43. The van der Waals surface area contributed by atoms with Crippen molar-refractivity contribution in [2.24, 2.45) is 0 Å². The lowest BCUT2D eigenvalue weighted by Crippen LogP contribution is -2.05. The van der Waals surface area contributed by atoms with Gasteiger partial charge in [-0.25, -0.2) is 0 Å². The Balaban J connectivity index is 2.45. The minimum Gasteiger partial charge on any atom is -0.389 e. The van der Waals surface area contributed by atoms with Crippen LogP contribution in [0.25, 0.3) is 0 Å². The Hall–Kier alpha value is -0.730. The maximum Gasteiger partial charge on any atom is 0.0769 e. The molecule has 0 aliphatic rings. The molecular formula is C11H14OS. The molecule has 0 aliphatic carbocycles. The van der Waals surface area contributed by atoms with Crippen molar-refractivity contribution >= 4 is 11.8 Å². The first-order valence-electron chi connectivity index (χ1n) is 4.24. The SMILES string of the molecule is CS/C=C/C(O)Cc1ccccc1. The molecule has 0 amide bonds. The Bertz CT molecular complexity index is 256. The van der Waals surface area contributed by atoms with E-state index in [2.05, 4.69) is 0 Å². The summed E-state index contributed by atoms with van der Waals surface area (Å²) in [5.74, 6) is 0. The van der Waals surface area contributed by atoms with Crippen LogP contribution in [0.1, 0.15) is 5.56 Å². The lowest BCUT2D eigenvalue weighted by atomic mass is 10.1. The molecule has 0 aromatic heterocycles. The van der Waals surface area contributed by atoms with Crippen LogP contribution >= 0.6 is 11.8 Å². The Morgan fingerprint density at radius 2 is 2.08 bits per heavy atom. The molecule has 0 bridgehead atoms. The largest absolute Gasteiger partial charge is 0.389 e. The van der Waals surface area contributed by atoms with E-state index in [1.54, 1.807) is 11.8 Å². The second-order valence-electron chi connectivity index (χ2n) is 2.82. The van der Waals surface area contributed by atoms with Crippen molar-refractivity contribution < 1.29 is 5.11 Å². The molecular weight excluding hydrogens is 180 g/mol. The van der Waals surface area contributed by atoms with Gasteiger partial charge in [0, 0.05) is 6.42 Å². The molecule has 1 rings (SSSR count). The van der Waals surface area contributed by atoms with E-state index < -0.39 is 0 Å². The van der Waals surface area contributed by atoms with Crippen LogP contribution in [0.15, 0.2) is 41.8 Å². The molecule has 13 heavy (non-hydrogen) atoms. The lowest BCUT2D eigenvalue weighted by molar-refractivity contribution is 0.224. The Morgan fingerprint density at radius 3 is 2.69 bits per heavy atom. The fraction of sp³-hybridized carbons (Fsp3) is 0.273. The third-order valence-electron chi connectivity index (χ3n) is 1.72. The van der Waals surface area contributed by atoms with Crippen LogP contribution in [-0.4, -0.2) is 17.5 Å². The first-order valence-corrected chi connectivity index (χ1v) is 5.53. The predicted molar refractivity (Wildman–Crippen MR) is 58.8 cm³/mol. The summed E-state index contributed by atoms with van der Waals surface area (Å²) in [6.45, 7) is 0. The molecule has 1 aromatic rings. The molecule has 2 heteroatoms. The van der Waals surface area contributed by atoms with Gasteiger partial charge in [-0.05, 0) is 23.3 Å². The number of benzene rings is 1. The average Bonchev–Trinajstić information content (AvgIpc) is 2.16. The van der Waals surface area contributed by atoms with Gasteiger partial charge in [-0.1, -0.05) is 30.3 Å². The maximum absolute atomic E-state index is 9.53. The highest BCUT2D eigenvalue weighted by Gasteiger charge is 1.99. The van der Waals surface area contributed by atoms with Crippen LogP contribution in [-0.2, 0) is 6.42 Å². The van der Waals surface area contributed by atoms with E-state index >= 15 is 0 Å². The third kappa shape index (κ3) is 4.15. The van der Waals surface area contributed by atoms with Crippen LogP contribution in [0, 0.1) is 0 Å². The van der Waals surface area contributed by atoms with Gasteiger partial charge in [0.2, 0.25) is 0 Å². The number of aliphatic hydroxyl groups excluding tert-OH is 1. The van der Waals surface area contributed by atoms with E-state index in [0.29, 0.717) is 6.42 Å². The zero-order chi connectivity index (χ0) is 9.52. The van der Waals surface area contributed by atoms with Gasteiger partial charge in [0.05, 0.1) is 6.10 Å². The zero-order valence-electron chi connectivity index (χ0n) is 7.68. The van der Waals surface area contributed by atoms with Gasteiger partial charge in [0.25, 0.3) is 0 Å². The molecule has 0 spiro atoms. The summed E-state index contributed by atoms with van der Waals surface area (Å²) in [6, 6.07) is 10.0. The first kappa shape index (κ1) is 10.4. The maximum atomic E-state index is 9.53. The van der Waals surface area contributed by atoms with E-state index in [4.69, 9.17) is 0 Å². The summed E-state index contributed by atoms with van der Waals surface area (Å²) in [4.78, 5) is 0. The Kier molecular flexibility index (Phi) is 4.65. The van der Waals surface area contributed by atoms with Crippen molar-refractivity contribution in [3.8, 4) is 0 Å². The quantitative estimate of drug-likeness (QED) is 0.794. The van der Waals surface area contributed by atoms with E-state index in [0.717, 1.165) is 0 Å². The summed E-state index contributed by atoms with van der Waals surface area (Å²) in [5.41, 5.74) is 1.17. The van der Waals surface area contributed by atoms with Crippen molar-refractivity contribution in [2.45, 2.75) is 12.5 Å². The monoisotopic (exact) mass is 194 g/mol. The van der Waals surface area contributed by atoms with Crippen molar-refractivity contribution in [2.75, 3.05) is 6.26 Å². The first-order chi connectivity index (χ1) is 6.33. The van der Waals surface area contributed by atoms with E-state index in [9.17, 15) is 5.11 Å². The number of hydrogen-bond acceptors (Lipinski definition) is 2. The minimum atomic E-state index is -0.366. The van der Waals surface area contributed by atoms with E-state index in [1.807, 2.05) is 48.1 Å². The van der Waals surface area contributed by atoms with Gasteiger partial charge in [-0.15, -0.1) is 11.8 Å². The van der Waals surface area contributed by atoms with Gasteiger partial charge in [-0.2, -0.15) is 0 Å². The Labute approximate surface area is 83.5 Å². The van der Waals surface area contributed by atoms with E-state index in [-0.39, 0.29) is 6.10 Å². The summed E-state index contributed by atoms with van der Waals surface area (Å²) >= 11 is 1.60. The van der Waals surface area contributed by atoms with Gasteiger partial charge in [0.1, 0.15) is 0 Å². The van der Waals surface area contributed by atoms with Gasteiger partial charge in [0.15, 0.2) is 0 Å². The number of rotatable bonds is 4. The molecule has 1 atom stereocenters. The second-order valence-corrected chi connectivity index (χ2v) is 3.56. The molecule has 0 saturated heterocycles. The highest BCUT2D eigenvalue weighted by Crippen LogP contribution is 2.05. The topological polar surface area (TPSA) is 20.2 Å². The molecule has 0 fully saturated rings. The average molecular weight is 194 g/mol. The van der Waals surface area contributed by atoms with Crippen LogP contribution in [0.3, 0.4) is 0 Å². The van der Waals surface area contributed by atoms with Crippen molar-refractivity contribution in [1.82, 2.24) is 0 Å². The molecule has 0 heterocycles. The normalized spacial score (nSPS) is 13.4.